The van der Waals surface area contributed by atoms with E-state index in [4.69, 9.17) is 0 Å². The maximum absolute atomic E-state index is 12.2. The Morgan fingerprint density at radius 1 is 0.909 bits per heavy atom. The van der Waals surface area contributed by atoms with Crippen molar-refractivity contribution in [1.82, 2.24) is 5.32 Å². The number of carbonyl (C=O) groups excluding carboxylic acids is 1. The zero-order valence-corrected chi connectivity index (χ0v) is 14.2. The van der Waals surface area contributed by atoms with Crippen molar-refractivity contribution < 1.29 is 4.79 Å². The molecule has 2 aromatic carbocycles. The summed E-state index contributed by atoms with van der Waals surface area (Å²) in [7, 11) is 0. The molecule has 2 heteroatoms. The van der Waals surface area contributed by atoms with Gasteiger partial charge in [0.25, 0.3) is 0 Å². The molecule has 0 aromatic heterocycles. The average Bonchev–Trinajstić information content (AvgIpc) is 2.45. The summed E-state index contributed by atoms with van der Waals surface area (Å²) in [5, 5.41) is 3.09. The first-order chi connectivity index (χ1) is 10.4. The minimum Gasteiger partial charge on any atom is -0.349 e. The van der Waals surface area contributed by atoms with Crippen LogP contribution in [0.5, 0.6) is 0 Å². The summed E-state index contributed by atoms with van der Waals surface area (Å²) in [4.78, 5) is 12.2. The molecule has 0 aliphatic carbocycles. The van der Waals surface area contributed by atoms with E-state index in [1.807, 2.05) is 13.0 Å². The summed E-state index contributed by atoms with van der Waals surface area (Å²) < 4.78 is 0. The van der Waals surface area contributed by atoms with Crippen LogP contribution >= 0.6 is 0 Å². The maximum atomic E-state index is 12.2. The number of carbonyl (C=O) groups is 1. The molecule has 0 fully saturated rings. The molecule has 0 bridgehead atoms. The van der Waals surface area contributed by atoms with E-state index in [9.17, 15) is 4.79 Å². The first kappa shape index (κ1) is 16.3. The smallest absolute Gasteiger partial charge is 0.224 e. The summed E-state index contributed by atoms with van der Waals surface area (Å²) in [6.45, 7) is 10.4. The van der Waals surface area contributed by atoms with Crippen LogP contribution in [0.25, 0.3) is 0 Å². The molecule has 0 spiro atoms. The van der Waals surface area contributed by atoms with Gasteiger partial charge >= 0.3 is 0 Å². The SMILES string of the molecule is Cc1ccc(CC(=O)N[C@H](C)c2ccc(C)c(C)c2)cc1C. The van der Waals surface area contributed by atoms with Crippen LogP contribution in [0.15, 0.2) is 36.4 Å². The third kappa shape index (κ3) is 3.97. The molecular weight excluding hydrogens is 270 g/mol. The van der Waals surface area contributed by atoms with Crippen LogP contribution in [-0.4, -0.2) is 5.91 Å². The molecule has 2 nitrogen and oxygen atoms in total. The van der Waals surface area contributed by atoms with Gasteiger partial charge in [-0.2, -0.15) is 0 Å². The predicted octanol–water partition coefficient (Wildman–Crippen LogP) is 4.34. The third-order valence-electron chi connectivity index (χ3n) is 4.34. The van der Waals surface area contributed by atoms with Gasteiger partial charge in [0.05, 0.1) is 12.5 Å². The maximum Gasteiger partial charge on any atom is 0.224 e. The molecule has 22 heavy (non-hydrogen) atoms. The Balaban J connectivity index is 2.01. The first-order valence-electron chi connectivity index (χ1n) is 7.79. The molecule has 116 valence electrons. The standard InChI is InChI=1S/C20H25NO/c1-13-6-8-18(10-15(13)3)12-20(22)21-17(5)19-9-7-14(2)16(4)11-19/h6-11,17H,12H2,1-5H3,(H,21,22)/t17-/m1/s1. The van der Waals surface area contributed by atoms with Crippen molar-refractivity contribution in [2.75, 3.05) is 0 Å². The summed E-state index contributed by atoms with van der Waals surface area (Å²) in [5.74, 6) is 0.0639. The van der Waals surface area contributed by atoms with Gasteiger partial charge in [-0.3, -0.25) is 4.79 Å². The Bertz CT molecular complexity index is 688. The highest BCUT2D eigenvalue weighted by atomic mass is 16.1. The summed E-state index contributed by atoms with van der Waals surface area (Å²) >= 11 is 0. The summed E-state index contributed by atoms with van der Waals surface area (Å²) in [6.07, 6.45) is 0.427. The summed E-state index contributed by atoms with van der Waals surface area (Å²) in [5.41, 5.74) is 7.23. The highest BCUT2D eigenvalue weighted by Gasteiger charge is 2.11. The van der Waals surface area contributed by atoms with Crippen molar-refractivity contribution in [3.8, 4) is 0 Å². The highest BCUT2D eigenvalue weighted by Crippen LogP contribution is 2.17. The van der Waals surface area contributed by atoms with Crippen molar-refractivity contribution in [2.24, 2.45) is 0 Å². The van der Waals surface area contributed by atoms with E-state index in [-0.39, 0.29) is 11.9 Å². The number of rotatable bonds is 4. The van der Waals surface area contributed by atoms with E-state index < -0.39 is 0 Å². The molecule has 0 saturated carbocycles. The van der Waals surface area contributed by atoms with Crippen molar-refractivity contribution in [1.29, 1.82) is 0 Å². The fourth-order valence-corrected chi connectivity index (χ4v) is 2.51. The van der Waals surface area contributed by atoms with E-state index in [0.29, 0.717) is 6.42 Å². The lowest BCUT2D eigenvalue weighted by molar-refractivity contribution is -0.121. The van der Waals surface area contributed by atoms with Gasteiger partial charge in [-0.05, 0) is 68.0 Å². The van der Waals surface area contributed by atoms with E-state index >= 15 is 0 Å². The van der Waals surface area contributed by atoms with E-state index in [2.05, 4.69) is 63.3 Å². The monoisotopic (exact) mass is 295 g/mol. The van der Waals surface area contributed by atoms with E-state index in [1.165, 1.54) is 22.3 Å². The highest BCUT2D eigenvalue weighted by molar-refractivity contribution is 5.79. The Morgan fingerprint density at radius 3 is 2.09 bits per heavy atom. The average molecular weight is 295 g/mol. The second kappa shape index (κ2) is 6.78. The Labute approximate surface area is 133 Å². The first-order valence-corrected chi connectivity index (χ1v) is 7.79. The topological polar surface area (TPSA) is 29.1 Å². The molecule has 0 aliphatic heterocycles. The Kier molecular flexibility index (Phi) is 5.02. The van der Waals surface area contributed by atoms with Crippen LogP contribution in [0.2, 0.25) is 0 Å². The van der Waals surface area contributed by atoms with Crippen LogP contribution in [0.1, 0.15) is 46.3 Å². The molecule has 0 saturated heterocycles. The van der Waals surface area contributed by atoms with Crippen LogP contribution in [0.3, 0.4) is 0 Å². The second-order valence-electron chi connectivity index (χ2n) is 6.23. The van der Waals surface area contributed by atoms with E-state index in [0.717, 1.165) is 11.1 Å². The number of benzene rings is 2. The number of nitrogens with one attached hydrogen (secondary N) is 1. The van der Waals surface area contributed by atoms with Crippen LogP contribution in [0, 0.1) is 27.7 Å². The molecule has 0 unspecified atom stereocenters. The third-order valence-corrected chi connectivity index (χ3v) is 4.34. The Morgan fingerprint density at radius 2 is 1.50 bits per heavy atom. The molecule has 1 amide bonds. The molecule has 2 aromatic rings. The lowest BCUT2D eigenvalue weighted by Crippen LogP contribution is -2.28. The molecular formula is C20H25NO. The fraction of sp³-hybridized carbons (Fsp3) is 0.350. The van der Waals surface area contributed by atoms with Crippen LogP contribution < -0.4 is 5.32 Å². The van der Waals surface area contributed by atoms with Gasteiger partial charge in [0.1, 0.15) is 0 Å². The Hall–Kier alpha value is -2.09. The number of hydrogen-bond acceptors (Lipinski definition) is 1. The zero-order valence-electron chi connectivity index (χ0n) is 14.2. The normalized spacial score (nSPS) is 12.0. The van der Waals surface area contributed by atoms with Gasteiger partial charge in [0.2, 0.25) is 5.91 Å². The molecule has 2 rings (SSSR count). The molecule has 1 N–H and O–H groups in total. The number of hydrogen-bond donors (Lipinski definition) is 1. The van der Waals surface area contributed by atoms with Crippen molar-refractivity contribution in [2.45, 2.75) is 47.1 Å². The minimum atomic E-state index is 0.0262. The molecule has 1 atom stereocenters. The number of aryl methyl sites for hydroxylation is 4. The second-order valence-corrected chi connectivity index (χ2v) is 6.23. The zero-order chi connectivity index (χ0) is 16.3. The van der Waals surface area contributed by atoms with Crippen LogP contribution in [-0.2, 0) is 11.2 Å². The van der Waals surface area contributed by atoms with Crippen LogP contribution in [0.4, 0.5) is 0 Å². The predicted molar refractivity (Wildman–Crippen MR) is 92.1 cm³/mol. The lowest BCUT2D eigenvalue weighted by atomic mass is 10.0. The van der Waals surface area contributed by atoms with Crippen molar-refractivity contribution >= 4 is 5.91 Å². The van der Waals surface area contributed by atoms with Gasteiger partial charge in [-0.15, -0.1) is 0 Å². The summed E-state index contributed by atoms with van der Waals surface area (Å²) in [6, 6.07) is 12.6. The van der Waals surface area contributed by atoms with Gasteiger partial charge in [-0.1, -0.05) is 36.4 Å². The van der Waals surface area contributed by atoms with Gasteiger partial charge in [-0.25, -0.2) is 0 Å². The van der Waals surface area contributed by atoms with Gasteiger partial charge in [0, 0.05) is 0 Å². The lowest BCUT2D eigenvalue weighted by Gasteiger charge is -2.16. The number of amides is 1. The van der Waals surface area contributed by atoms with E-state index in [1.54, 1.807) is 0 Å². The fourth-order valence-electron chi connectivity index (χ4n) is 2.51. The molecule has 0 heterocycles. The largest absolute Gasteiger partial charge is 0.349 e. The van der Waals surface area contributed by atoms with Crippen molar-refractivity contribution in [3.05, 3.63) is 69.8 Å². The minimum absolute atomic E-state index is 0.0262. The van der Waals surface area contributed by atoms with Gasteiger partial charge < -0.3 is 5.32 Å². The van der Waals surface area contributed by atoms with Crippen molar-refractivity contribution in [3.63, 3.8) is 0 Å². The molecule has 0 aliphatic rings. The quantitative estimate of drug-likeness (QED) is 0.893. The van der Waals surface area contributed by atoms with Gasteiger partial charge in [0.15, 0.2) is 0 Å². The molecule has 0 radical (unpaired) electrons.